The van der Waals surface area contributed by atoms with Gasteiger partial charge in [-0.1, -0.05) is 5.16 Å². The minimum absolute atomic E-state index is 0.643. The standard InChI is InChI=1S/C12H17N5O/c1-4-13-11-5-12(16-7-15-11)14-6-10-8(2)17-18-9(10)3/h5,7H,4,6H2,1-3H3,(H2,13,14,15,16). The number of hydrogen-bond acceptors (Lipinski definition) is 6. The lowest BCUT2D eigenvalue weighted by Crippen LogP contribution is -2.05. The first-order valence-electron chi connectivity index (χ1n) is 5.92. The Morgan fingerprint density at radius 3 is 2.50 bits per heavy atom. The van der Waals surface area contributed by atoms with Gasteiger partial charge < -0.3 is 15.2 Å². The Hall–Kier alpha value is -2.11. The highest BCUT2D eigenvalue weighted by atomic mass is 16.5. The van der Waals surface area contributed by atoms with Crippen molar-refractivity contribution in [2.75, 3.05) is 17.2 Å². The zero-order valence-electron chi connectivity index (χ0n) is 10.8. The van der Waals surface area contributed by atoms with Gasteiger partial charge in [-0.15, -0.1) is 0 Å². The third-order valence-corrected chi connectivity index (χ3v) is 2.65. The van der Waals surface area contributed by atoms with E-state index in [1.54, 1.807) is 0 Å². The number of rotatable bonds is 5. The Morgan fingerprint density at radius 1 is 1.17 bits per heavy atom. The fourth-order valence-corrected chi connectivity index (χ4v) is 1.66. The molecule has 0 aliphatic rings. The lowest BCUT2D eigenvalue weighted by atomic mass is 10.2. The van der Waals surface area contributed by atoms with Crippen LogP contribution in [-0.2, 0) is 6.54 Å². The molecule has 0 bridgehead atoms. The average Bonchev–Trinajstić information content (AvgIpc) is 2.68. The van der Waals surface area contributed by atoms with Gasteiger partial charge in [0.25, 0.3) is 0 Å². The van der Waals surface area contributed by atoms with E-state index >= 15 is 0 Å². The highest BCUT2D eigenvalue weighted by Gasteiger charge is 2.08. The Morgan fingerprint density at radius 2 is 1.89 bits per heavy atom. The zero-order chi connectivity index (χ0) is 13.0. The molecule has 0 unspecified atom stereocenters. The Labute approximate surface area is 106 Å². The molecule has 6 heteroatoms. The first kappa shape index (κ1) is 12.3. The van der Waals surface area contributed by atoms with Crippen LogP contribution in [-0.4, -0.2) is 21.7 Å². The predicted molar refractivity (Wildman–Crippen MR) is 69.5 cm³/mol. The molecule has 0 amide bonds. The lowest BCUT2D eigenvalue weighted by Gasteiger charge is -2.07. The molecule has 0 aromatic carbocycles. The second-order valence-corrected chi connectivity index (χ2v) is 3.98. The van der Waals surface area contributed by atoms with Crippen molar-refractivity contribution >= 4 is 11.6 Å². The summed E-state index contributed by atoms with van der Waals surface area (Å²) >= 11 is 0. The number of anilines is 2. The molecule has 2 aromatic rings. The molecule has 0 atom stereocenters. The van der Waals surface area contributed by atoms with Crippen LogP contribution < -0.4 is 10.6 Å². The Bertz CT molecular complexity index is 503. The van der Waals surface area contributed by atoms with Crippen molar-refractivity contribution in [1.29, 1.82) is 0 Å². The molecular weight excluding hydrogens is 230 g/mol. The summed E-state index contributed by atoms with van der Waals surface area (Å²) < 4.78 is 5.11. The van der Waals surface area contributed by atoms with E-state index in [4.69, 9.17) is 4.52 Å². The minimum Gasteiger partial charge on any atom is -0.370 e. The molecule has 2 rings (SSSR count). The van der Waals surface area contributed by atoms with Crippen molar-refractivity contribution in [3.05, 3.63) is 29.4 Å². The molecule has 18 heavy (non-hydrogen) atoms. The minimum atomic E-state index is 0.643. The monoisotopic (exact) mass is 247 g/mol. The zero-order valence-corrected chi connectivity index (χ0v) is 10.8. The van der Waals surface area contributed by atoms with Crippen molar-refractivity contribution in [3.63, 3.8) is 0 Å². The average molecular weight is 247 g/mol. The molecule has 96 valence electrons. The summed E-state index contributed by atoms with van der Waals surface area (Å²) in [5, 5.41) is 10.3. The van der Waals surface area contributed by atoms with Crippen LogP contribution in [0.15, 0.2) is 16.9 Å². The maximum Gasteiger partial charge on any atom is 0.138 e. The van der Waals surface area contributed by atoms with Gasteiger partial charge in [-0.05, 0) is 20.8 Å². The molecule has 2 heterocycles. The van der Waals surface area contributed by atoms with Crippen molar-refractivity contribution in [1.82, 2.24) is 15.1 Å². The normalized spacial score (nSPS) is 10.4. The predicted octanol–water partition coefficient (Wildman–Crippen LogP) is 2.13. The van der Waals surface area contributed by atoms with Crippen LogP contribution in [0.25, 0.3) is 0 Å². The second-order valence-electron chi connectivity index (χ2n) is 3.98. The number of nitrogens with one attached hydrogen (secondary N) is 2. The van der Waals surface area contributed by atoms with Gasteiger partial charge in [-0.3, -0.25) is 0 Å². The molecule has 0 radical (unpaired) electrons. The van der Waals surface area contributed by atoms with Crippen LogP contribution in [0, 0.1) is 13.8 Å². The smallest absolute Gasteiger partial charge is 0.138 e. The van der Waals surface area contributed by atoms with E-state index < -0.39 is 0 Å². The van der Waals surface area contributed by atoms with E-state index in [-0.39, 0.29) is 0 Å². The maximum atomic E-state index is 5.11. The van der Waals surface area contributed by atoms with Gasteiger partial charge in [0.2, 0.25) is 0 Å². The van der Waals surface area contributed by atoms with E-state index in [0.717, 1.165) is 35.2 Å². The first-order valence-corrected chi connectivity index (χ1v) is 5.92. The van der Waals surface area contributed by atoms with Crippen LogP contribution in [0.1, 0.15) is 23.9 Å². The fraction of sp³-hybridized carbons (Fsp3) is 0.417. The summed E-state index contributed by atoms with van der Waals surface area (Å²) in [5.74, 6) is 2.43. The SMILES string of the molecule is CCNc1cc(NCc2c(C)noc2C)ncn1. The summed E-state index contributed by atoms with van der Waals surface area (Å²) in [6.07, 6.45) is 1.54. The highest BCUT2D eigenvalue weighted by Crippen LogP contribution is 2.15. The highest BCUT2D eigenvalue weighted by molar-refractivity contribution is 5.46. The van der Waals surface area contributed by atoms with Gasteiger partial charge in [0.05, 0.1) is 5.69 Å². The van der Waals surface area contributed by atoms with Gasteiger partial charge in [0.15, 0.2) is 0 Å². The van der Waals surface area contributed by atoms with Crippen LogP contribution in [0.2, 0.25) is 0 Å². The van der Waals surface area contributed by atoms with Gasteiger partial charge >= 0.3 is 0 Å². The van der Waals surface area contributed by atoms with E-state index in [9.17, 15) is 0 Å². The summed E-state index contributed by atoms with van der Waals surface area (Å²) in [6.45, 7) is 7.34. The third-order valence-electron chi connectivity index (χ3n) is 2.65. The molecule has 2 N–H and O–H groups in total. The lowest BCUT2D eigenvalue weighted by molar-refractivity contribution is 0.392. The third kappa shape index (κ3) is 2.77. The van der Waals surface area contributed by atoms with Crippen molar-refractivity contribution in [3.8, 4) is 0 Å². The van der Waals surface area contributed by atoms with Gasteiger partial charge in [0, 0.05) is 24.7 Å². The van der Waals surface area contributed by atoms with Crippen LogP contribution in [0.3, 0.4) is 0 Å². The summed E-state index contributed by atoms with van der Waals surface area (Å²) in [7, 11) is 0. The molecule has 0 saturated heterocycles. The Balaban J connectivity index is 2.04. The van der Waals surface area contributed by atoms with E-state index in [1.165, 1.54) is 6.33 Å². The van der Waals surface area contributed by atoms with Crippen LogP contribution in [0.4, 0.5) is 11.6 Å². The van der Waals surface area contributed by atoms with E-state index in [1.807, 2.05) is 26.8 Å². The maximum absolute atomic E-state index is 5.11. The van der Waals surface area contributed by atoms with Crippen molar-refractivity contribution in [2.45, 2.75) is 27.3 Å². The topological polar surface area (TPSA) is 75.9 Å². The van der Waals surface area contributed by atoms with Crippen LogP contribution in [0.5, 0.6) is 0 Å². The van der Waals surface area contributed by atoms with Gasteiger partial charge in [-0.25, -0.2) is 9.97 Å². The van der Waals surface area contributed by atoms with E-state index in [0.29, 0.717) is 6.54 Å². The van der Waals surface area contributed by atoms with Crippen LogP contribution >= 0.6 is 0 Å². The van der Waals surface area contributed by atoms with E-state index in [2.05, 4.69) is 25.8 Å². The molecule has 0 saturated carbocycles. The Kier molecular flexibility index (Phi) is 3.76. The molecule has 0 spiro atoms. The van der Waals surface area contributed by atoms with Crippen molar-refractivity contribution in [2.24, 2.45) is 0 Å². The molecule has 0 fully saturated rings. The molecular formula is C12H17N5O. The number of aromatic nitrogens is 3. The number of nitrogens with zero attached hydrogens (tertiary/aromatic N) is 3. The molecule has 6 nitrogen and oxygen atoms in total. The first-order chi connectivity index (χ1) is 8.70. The molecule has 0 aliphatic carbocycles. The van der Waals surface area contributed by atoms with Gasteiger partial charge in [0.1, 0.15) is 23.7 Å². The largest absolute Gasteiger partial charge is 0.370 e. The summed E-state index contributed by atoms with van der Waals surface area (Å²) in [5.41, 5.74) is 1.97. The fourth-order valence-electron chi connectivity index (χ4n) is 1.66. The quantitative estimate of drug-likeness (QED) is 0.843. The summed E-state index contributed by atoms with van der Waals surface area (Å²) in [4.78, 5) is 8.28. The second kappa shape index (κ2) is 5.48. The van der Waals surface area contributed by atoms with Gasteiger partial charge in [-0.2, -0.15) is 0 Å². The molecule has 2 aromatic heterocycles. The molecule has 0 aliphatic heterocycles. The van der Waals surface area contributed by atoms with Crippen molar-refractivity contribution < 1.29 is 4.52 Å². The number of hydrogen-bond donors (Lipinski definition) is 2. The summed E-state index contributed by atoms with van der Waals surface area (Å²) in [6, 6.07) is 1.88. The number of aryl methyl sites for hydroxylation is 2.